The van der Waals surface area contributed by atoms with E-state index >= 15 is 0 Å². The molecule has 0 aliphatic heterocycles. The maximum Gasteiger partial charge on any atom is 0.223 e. The number of anilines is 1. The van der Waals surface area contributed by atoms with Crippen LogP contribution < -0.4 is 15.0 Å². The van der Waals surface area contributed by atoms with Crippen LogP contribution in [0.25, 0.3) is 0 Å². The summed E-state index contributed by atoms with van der Waals surface area (Å²) in [6, 6.07) is 15.7. The van der Waals surface area contributed by atoms with Gasteiger partial charge in [0, 0.05) is 32.1 Å². The third-order valence-electron chi connectivity index (χ3n) is 4.84. The van der Waals surface area contributed by atoms with Crippen molar-refractivity contribution in [3.05, 3.63) is 59.7 Å². The number of nitrogens with one attached hydrogen (secondary N) is 1. The predicted octanol–water partition coefficient (Wildman–Crippen LogP) is 4.09. The molecular formula is C24H32N2O3. The van der Waals surface area contributed by atoms with Crippen LogP contribution in [0.3, 0.4) is 0 Å². The van der Waals surface area contributed by atoms with Crippen molar-refractivity contribution in [1.29, 1.82) is 0 Å². The van der Waals surface area contributed by atoms with Gasteiger partial charge < -0.3 is 15.0 Å². The number of carbonyl (C=O) groups excluding carboxylic acids is 2. The summed E-state index contributed by atoms with van der Waals surface area (Å²) in [5, 5.41) is 2.94. The van der Waals surface area contributed by atoms with Crippen LogP contribution in [0.5, 0.6) is 5.75 Å². The molecule has 0 saturated heterocycles. The molecule has 0 atom stereocenters. The van der Waals surface area contributed by atoms with Gasteiger partial charge in [0.15, 0.2) is 0 Å². The Balaban J connectivity index is 1.92. The number of ether oxygens (including phenoxy) is 1. The number of methoxy groups -OCH3 is 1. The Bertz CT molecular complexity index is 823. The average Bonchev–Trinajstić information content (AvgIpc) is 2.68. The van der Waals surface area contributed by atoms with E-state index in [-0.39, 0.29) is 23.7 Å². The summed E-state index contributed by atoms with van der Waals surface area (Å²) in [5.74, 6) is 0.698. The Morgan fingerprint density at radius 2 is 1.69 bits per heavy atom. The Hall–Kier alpha value is -2.82. The standard InChI is InChI=1S/C24H32N2O3/c1-18(27)26(22-9-7-6-8-21(22)24(2,3)4)17-15-23(28)25-16-14-19-10-12-20(29-5)13-11-19/h6-13H,14-17H2,1-5H3,(H,25,28). The summed E-state index contributed by atoms with van der Waals surface area (Å²) in [6.07, 6.45) is 1.01. The Kier molecular flexibility index (Phi) is 7.82. The van der Waals surface area contributed by atoms with Gasteiger partial charge in [-0.25, -0.2) is 0 Å². The molecule has 0 bridgehead atoms. The fraction of sp³-hybridized carbons (Fsp3) is 0.417. The molecule has 2 rings (SSSR count). The first-order valence-electron chi connectivity index (χ1n) is 9.99. The molecule has 0 radical (unpaired) electrons. The van der Waals surface area contributed by atoms with Crippen molar-refractivity contribution >= 4 is 17.5 Å². The maximum absolute atomic E-state index is 12.3. The molecule has 0 fully saturated rings. The summed E-state index contributed by atoms with van der Waals surface area (Å²) in [7, 11) is 1.64. The normalized spacial score (nSPS) is 11.1. The molecule has 2 amide bonds. The number of amides is 2. The van der Waals surface area contributed by atoms with E-state index in [1.54, 1.807) is 18.9 Å². The lowest BCUT2D eigenvalue weighted by atomic mass is 9.85. The van der Waals surface area contributed by atoms with E-state index in [0.29, 0.717) is 13.1 Å². The van der Waals surface area contributed by atoms with Gasteiger partial charge in [0.05, 0.1) is 7.11 Å². The van der Waals surface area contributed by atoms with E-state index in [9.17, 15) is 9.59 Å². The summed E-state index contributed by atoms with van der Waals surface area (Å²) in [4.78, 5) is 26.3. The Morgan fingerprint density at radius 3 is 2.28 bits per heavy atom. The molecule has 5 nitrogen and oxygen atoms in total. The first-order chi connectivity index (χ1) is 13.7. The molecule has 0 unspecified atom stereocenters. The third-order valence-corrected chi connectivity index (χ3v) is 4.84. The van der Waals surface area contributed by atoms with E-state index in [0.717, 1.165) is 29.0 Å². The first-order valence-corrected chi connectivity index (χ1v) is 9.99. The summed E-state index contributed by atoms with van der Waals surface area (Å²) < 4.78 is 5.15. The number of hydrogen-bond acceptors (Lipinski definition) is 3. The molecule has 0 heterocycles. The van der Waals surface area contributed by atoms with Crippen LogP contribution in [0, 0.1) is 0 Å². The molecule has 2 aromatic carbocycles. The molecule has 0 aliphatic rings. The topological polar surface area (TPSA) is 58.6 Å². The lowest BCUT2D eigenvalue weighted by molar-refractivity contribution is -0.121. The highest BCUT2D eigenvalue weighted by Gasteiger charge is 2.23. The fourth-order valence-electron chi connectivity index (χ4n) is 3.23. The molecule has 5 heteroatoms. The molecule has 29 heavy (non-hydrogen) atoms. The van der Waals surface area contributed by atoms with E-state index in [2.05, 4.69) is 26.1 Å². The van der Waals surface area contributed by atoms with Gasteiger partial charge in [0.1, 0.15) is 5.75 Å². The van der Waals surface area contributed by atoms with Gasteiger partial charge in [-0.3, -0.25) is 9.59 Å². The summed E-state index contributed by atoms with van der Waals surface area (Å²) in [5.41, 5.74) is 3.01. The zero-order valence-electron chi connectivity index (χ0n) is 18.1. The molecule has 1 N–H and O–H groups in total. The number of rotatable bonds is 8. The second kappa shape index (κ2) is 10.1. The van der Waals surface area contributed by atoms with E-state index in [4.69, 9.17) is 4.74 Å². The quantitative estimate of drug-likeness (QED) is 0.731. The number of carbonyl (C=O) groups is 2. The van der Waals surface area contributed by atoms with Gasteiger partial charge in [0.25, 0.3) is 0 Å². The van der Waals surface area contributed by atoms with E-state index in [1.807, 2.05) is 48.5 Å². The zero-order chi connectivity index (χ0) is 21.4. The van der Waals surface area contributed by atoms with Crippen LogP contribution >= 0.6 is 0 Å². The fourth-order valence-corrected chi connectivity index (χ4v) is 3.23. The van der Waals surface area contributed by atoms with Gasteiger partial charge >= 0.3 is 0 Å². The van der Waals surface area contributed by atoms with Crippen LogP contribution in [-0.2, 0) is 21.4 Å². The van der Waals surface area contributed by atoms with Gasteiger partial charge in [0.2, 0.25) is 11.8 Å². The van der Waals surface area contributed by atoms with Crippen LogP contribution in [-0.4, -0.2) is 32.0 Å². The van der Waals surface area contributed by atoms with Crippen molar-refractivity contribution in [1.82, 2.24) is 5.32 Å². The molecule has 2 aromatic rings. The maximum atomic E-state index is 12.3. The van der Waals surface area contributed by atoms with Crippen molar-refractivity contribution in [2.24, 2.45) is 0 Å². The van der Waals surface area contributed by atoms with Crippen molar-refractivity contribution < 1.29 is 14.3 Å². The number of nitrogens with zero attached hydrogens (tertiary/aromatic N) is 1. The highest BCUT2D eigenvalue weighted by molar-refractivity contribution is 5.93. The molecule has 0 aliphatic carbocycles. The van der Waals surface area contributed by atoms with E-state index in [1.165, 1.54) is 0 Å². The number of para-hydroxylation sites is 1. The van der Waals surface area contributed by atoms with Gasteiger partial charge in [-0.05, 0) is 41.2 Å². The lowest BCUT2D eigenvalue weighted by Gasteiger charge is -2.29. The molecule has 0 spiro atoms. The minimum absolute atomic E-state index is 0.0574. The number of hydrogen-bond donors (Lipinski definition) is 1. The predicted molar refractivity (Wildman–Crippen MR) is 117 cm³/mol. The van der Waals surface area contributed by atoms with Crippen LogP contribution in [0.2, 0.25) is 0 Å². The molecule has 0 aromatic heterocycles. The highest BCUT2D eigenvalue weighted by atomic mass is 16.5. The summed E-state index contributed by atoms with van der Waals surface area (Å²) >= 11 is 0. The van der Waals surface area contributed by atoms with Crippen molar-refractivity contribution in [3.8, 4) is 5.75 Å². The minimum Gasteiger partial charge on any atom is -0.497 e. The SMILES string of the molecule is COc1ccc(CCNC(=O)CCN(C(C)=O)c2ccccc2C(C)(C)C)cc1. The lowest BCUT2D eigenvalue weighted by Crippen LogP contribution is -2.35. The Labute approximate surface area is 174 Å². The smallest absolute Gasteiger partial charge is 0.223 e. The largest absolute Gasteiger partial charge is 0.497 e. The van der Waals surface area contributed by atoms with Crippen molar-refractivity contribution in [2.75, 3.05) is 25.1 Å². The third kappa shape index (κ3) is 6.63. The monoisotopic (exact) mass is 396 g/mol. The second-order valence-electron chi connectivity index (χ2n) is 8.14. The van der Waals surface area contributed by atoms with Gasteiger partial charge in [-0.1, -0.05) is 51.1 Å². The van der Waals surface area contributed by atoms with Crippen LogP contribution in [0.15, 0.2) is 48.5 Å². The highest BCUT2D eigenvalue weighted by Crippen LogP contribution is 2.32. The zero-order valence-corrected chi connectivity index (χ0v) is 18.1. The molecule has 0 saturated carbocycles. The minimum atomic E-state index is -0.0923. The van der Waals surface area contributed by atoms with Gasteiger partial charge in [-0.15, -0.1) is 0 Å². The Morgan fingerprint density at radius 1 is 1.03 bits per heavy atom. The van der Waals surface area contributed by atoms with E-state index < -0.39 is 0 Å². The second-order valence-corrected chi connectivity index (χ2v) is 8.14. The van der Waals surface area contributed by atoms with Crippen LogP contribution in [0.1, 0.15) is 45.2 Å². The van der Waals surface area contributed by atoms with Crippen molar-refractivity contribution in [3.63, 3.8) is 0 Å². The molecule has 156 valence electrons. The number of benzene rings is 2. The average molecular weight is 397 g/mol. The summed E-state index contributed by atoms with van der Waals surface area (Å²) in [6.45, 7) is 8.82. The van der Waals surface area contributed by atoms with Crippen molar-refractivity contribution in [2.45, 2.75) is 46.0 Å². The first kappa shape index (κ1) is 22.5. The molecular weight excluding hydrogens is 364 g/mol. The van der Waals surface area contributed by atoms with Crippen LogP contribution in [0.4, 0.5) is 5.69 Å². The van der Waals surface area contributed by atoms with Gasteiger partial charge in [-0.2, -0.15) is 0 Å².